The van der Waals surface area contributed by atoms with E-state index in [1.54, 1.807) is 0 Å². The lowest BCUT2D eigenvalue weighted by Gasteiger charge is -2.19. The molecule has 0 aliphatic carbocycles. The zero-order chi connectivity index (χ0) is 21.1. The molecule has 0 fully saturated rings. The van der Waals surface area contributed by atoms with Crippen LogP contribution in [0.1, 0.15) is 39.7 Å². The average molecular weight is 402 g/mol. The molecule has 1 heterocycles. The number of nitrogens with one attached hydrogen (secondary N) is 3. The third-order valence-corrected chi connectivity index (χ3v) is 4.20. The summed E-state index contributed by atoms with van der Waals surface area (Å²) >= 11 is 0. The predicted octanol–water partition coefficient (Wildman–Crippen LogP) is 3.03. The number of guanidine groups is 1. The molecule has 7 heteroatoms. The van der Waals surface area contributed by atoms with Crippen molar-refractivity contribution in [1.29, 1.82) is 0 Å². The highest BCUT2D eigenvalue weighted by Crippen LogP contribution is 2.17. The second-order valence-corrected chi connectivity index (χ2v) is 7.95. The van der Waals surface area contributed by atoms with Crippen molar-refractivity contribution in [3.63, 3.8) is 0 Å². The monoisotopic (exact) mass is 401 g/mol. The molecule has 0 saturated carbocycles. The number of hydrogen-bond donors (Lipinski definition) is 3. The van der Waals surface area contributed by atoms with Gasteiger partial charge in [0, 0.05) is 38.4 Å². The summed E-state index contributed by atoms with van der Waals surface area (Å²) in [6.45, 7) is 12.2. The molecule has 29 heavy (non-hydrogen) atoms. The molecule has 0 bridgehead atoms. The van der Waals surface area contributed by atoms with Gasteiger partial charge < -0.3 is 25.6 Å². The Bertz CT molecular complexity index is 684. The molecule has 3 N–H and O–H groups in total. The van der Waals surface area contributed by atoms with Gasteiger partial charge in [0.05, 0.1) is 6.54 Å². The number of aliphatic imine (C=N–C) groups is 1. The summed E-state index contributed by atoms with van der Waals surface area (Å²) in [6.07, 6.45) is 4.78. The molecule has 2 rings (SSSR count). The lowest BCUT2D eigenvalue weighted by molar-refractivity contribution is 0.0527. The molecular formula is C22H35N5O2. The van der Waals surface area contributed by atoms with Gasteiger partial charge in [-0.3, -0.25) is 0 Å². The zero-order valence-corrected chi connectivity index (χ0v) is 18.1. The highest BCUT2D eigenvalue weighted by Gasteiger charge is 2.15. The molecule has 1 aliphatic rings. The number of rotatable bonds is 8. The van der Waals surface area contributed by atoms with Crippen LogP contribution >= 0.6 is 0 Å². The van der Waals surface area contributed by atoms with E-state index in [2.05, 4.69) is 62.3 Å². The Balaban J connectivity index is 1.72. The van der Waals surface area contributed by atoms with Gasteiger partial charge in [-0.2, -0.15) is 0 Å². The molecule has 1 amide bonds. The number of amides is 1. The third kappa shape index (κ3) is 8.89. The number of carbonyl (C=O) groups is 1. The molecule has 0 aromatic heterocycles. The number of alkyl carbamates (subject to hydrolysis) is 1. The maximum Gasteiger partial charge on any atom is 0.407 e. The fourth-order valence-corrected chi connectivity index (χ4v) is 2.81. The van der Waals surface area contributed by atoms with Crippen molar-refractivity contribution in [3.8, 4) is 0 Å². The molecule has 1 aromatic rings. The Kier molecular flexibility index (Phi) is 8.83. The molecule has 0 spiro atoms. The van der Waals surface area contributed by atoms with Gasteiger partial charge in [-0.1, -0.05) is 24.3 Å². The normalized spacial score (nSPS) is 14.1. The standard InChI is InChI=1S/C22H35N5O2/c1-5-23-20(24-13-8-14-25-21(28)29-22(2,3)4)26-17-18-9-11-19(12-10-18)27-15-6-7-16-27/h6-7,9-12H,5,8,13-17H2,1-4H3,(H,25,28)(H2,23,24,26). The summed E-state index contributed by atoms with van der Waals surface area (Å²) in [7, 11) is 0. The lowest BCUT2D eigenvalue weighted by atomic mass is 10.2. The Morgan fingerprint density at radius 1 is 1.07 bits per heavy atom. The van der Waals surface area contributed by atoms with E-state index in [1.807, 2.05) is 27.7 Å². The smallest absolute Gasteiger partial charge is 0.407 e. The molecule has 160 valence electrons. The summed E-state index contributed by atoms with van der Waals surface area (Å²) in [5.74, 6) is 0.776. The largest absolute Gasteiger partial charge is 0.444 e. The first kappa shape index (κ1) is 22.6. The summed E-state index contributed by atoms with van der Waals surface area (Å²) in [4.78, 5) is 18.6. The van der Waals surface area contributed by atoms with Gasteiger partial charge >= 0.3 is 6.09 Å². The molecule has 1 aliphatic heterocycles. The minimum absolute atomic E-state index is 0.383. The van der Waals surface area contributed by atoms with Gasteiger partial charge in [0.1, 0.15) is 5.60 Å². The van der Waals surface area contributed by atoms with Crippen molar-refractivity contribution in [1.82, 2.24) is 16.0 Å². The van der Waals surface area contributed by atoms with Crippen LogP contribution in [0.2, 0.25) is 0 Å². The van der Waals surface area contributed by atoms with Crippen LogP contribution in [-0.2, 0) is 11.3 Å². The summed E-state index contributed by atoms with van der Waals surface area (Å²) < 4.78 is 5.22. The first-order chi connectivity index (χ1) is 13.9. The number of carbonyl (C=O) groups excluding carboxylic acids is 1. The van der Waals surface area contributed by atoms with Crippen molar-refractivity contribution in [3.05, 3.63) is 42.0 Å². The topological polar surface area (TPSA) is 78.0 Å². The van der Waals surface area contributed by atoms with Crippen LogP contribution in [-0.4, -0.2) is 50.4 Å². The van der Waals surface area contributed by atoms with Crippen molar-refractivity contribution in [2.24, 2.45) is 4.99 Å². The van der Waals surface area contributed by atoms with Crippen molar-refractivity contribution < 1.29 is 9.53 Å². The van der Waals surface area contributed by atoms with E-state index < -0.39 is 5.60 Å². The molecule has 0 saturated heterocycles. The van der Waals surface area contributed by atoms with E-state index in [9.17, 15) is 4.79 Å². The third-order valence-electron chi connectivity index (χ3n) is 4.20. The minimum atomic E-state index is -0.475. The first-order valence-electron chi connectivity index (χ1n) is 10.4. The SMILES string of the molecule is CCNC(=NCc1ccc(N2CC=CC2)cc1)NCCCNC(=O)OC(C)(C)C. The molecule has 0 atom stereocenters. The van der Waals surface area contributed by atoms with Crippen molar-refractivity contribution >= 4 is 17.7 Å². The quantitative estimate of drug-likeness (QED) is 0.270. The molecule has 0 unspecified atom stereocenters. The van der Waals surface area contributed by atoms with E-state index in [0.717, 1.165) is 32.0 Å². The number of hydrogen-bond acceptors (Lipinski definition) is 4. The fraction of sp³-hybridized carbons (Fsp3) is 0.545. The summed E-state index contributed by atoms with van der Waals surface area (Å²) in [5.41, 5.74) is 1.94. The van der Waals surface area contributed by atoms with Gasteiger partial charge in [0.25, 0.3) is 0 Å². The first-order valence-corrected chi connectivity index (χ1v) is 10.4. The average Bonchev–Trinajstić information content (AvgIpc) is 3.19. The van der Waals surface area contributed by atoms with Crippen LogP contribution in [0, 0.1) is 0 Å². The maximum atomic E-state index is 11.6. The second-order valence-electron chi connectivity index (χ2n) is 7.95. The van der Waals surface area contributed by atoms with Gasteiger partial charge in [-0.25, -0.2) is 9.79 Å². The molecule has 0 radical (unpaired) electrons. The Hall–Kier alpha value is -2.70. The van der Waals surface area contributed by atoms with Crippen LogP contribution in [0.25, 0.3) is 0 Å². The van der Waals surface area contributed by atoms with Gasteiger partial charge in [-0.15, -0.1) is 0 Å². The Labute approximate surface area is 174 Å². The van der Waals surface area contributed by atoms with Crippen molar-refractivity contribution in [2.75, 3.05) is 37.6 Å². The van der Waals surface area contributed by atoms with Crippen LogP contribution in [0.3, 0.4) is 0 Å². The molecule has 1 aromatic carbocycles. The van der Waals surface area contributed by atoms with Gasteiger partial charge in [0.2, 0.25) is 0 Å². The van der Waals surface area contributed by atoms with E-state index in [4.69, 9.17) is 4.74 Å². The van der Waals surface area contributed by atoms with E-state index in [1.165, 1.54) is 11.3 Å². The zero-order valence-electron chi connectivity index (χ0n) is 18.1. The minimum Gasteiger partial charge on any atom is -0.444 e. The van der Waals surface area contributed by atoms with Crippen LogP contribution in [0.4, 0.5) is 10.5 Å². The number of anilines is 1. The van der Waals surface area contributed by atoms with E-state index >= 15 is 0 Å². The van der Waals surface area contributed by atoms with Crippen LogP contribution in [0.15, 0.2) is 41.4 Å². The van der Waals surface area contributed by atoms with Gasteiger partial charge in [-0.05, 0) is 51.8 Å². The number of benzene rings is 1. The summed E-state index contributed by atoms with van der Waals surface area (Å²) in [5, 5.41) is 9.31. The van der Waals surface area contributed by atoms with E-state index in [0.29, 0.717) is 19.6 Å². The van der Waals surface area contributed by atoms with Crippen LogP contribution < -0.4 is 20.9 Å². The van der Waals surface area contributed by atoms with Gasteiger partial charge in [0.15, 0.2) is 5.96 Å². The molecule has 7 nitrogen and oxygen atoms in total. The number of nitrogens with zero attached hydrogens (tertiary/aromatic N) is 2. The van der Waals surface area contributed by atoms with Crippen molar-refractivity contribution in [2.45, 2.75) is 46.3 Å². The fourth-order valence-electron chi connectivity index (χ4n) is 2.81. The molecular weight excluding hydrogens is 366 g/mol. The second kappa shape index (κ2) is 11.3. The predicted molar refractivity (Wildman–Crippen MR) is 119 cm³/mol. The summed E-state index contributed by atoms with van der Waals surface area (Å²) in [6, 6.07) is 8.57. The maximum absolute atomic E-state index is 11.6. The number of ether oxygens (including phenoxy) is 1. The van der Waals surface area contributed by atoms with E-state index in [-0.39, 0.29) is 6.09 Å². The Morgan fingerprint density at radius 3 is 2.34 bits per heavy atom. The lowest BCUT2D eigenvalue weighted by Crippen LogP contribution is -2.39. The highest BCUT2D eigenvalue weighted by atomic mass is 16.6. The van der Waals surface area contributed by atoms with Crippen LogP contribution in [0.5, 0.6) is 0 Å². The highest BCUT2D eigenvalue weighted by molar-refractivity contribution is 5.79. The Morgan fingerprint density at radius 2 is 1.72 bits per heavy atom.